The fourth-order valence-corrected chi connectivity index (χ4v) is 2.70. The number of nitrogens with one attached hydrogen (secondary N) is 2. The molecule has 1 saturated heterocycles. The van der Waals surface area contributed by atoms with Gasteiger partial charge in [0.2, 0.25) is 0 Å². The Bertz CT molecular complexity index is 576. The molecule has 2 aromatic rings. The Labute approximate surface area is 118 Å². The molecule has 0 spiro atoms. The van der Waals surface area contributed by atoms with Crippen LogP contribution >= 0.6 is 0 Å². The number of fused-ring (bicyclic) bond motifs is 1. The standard InChI is InChI=1S/C14H21N5O/c1-10(11-3-7-20-8-4-11)17-13-14-16-5-6-19(14)9-12(15-2)18-13/h5-6,9-11,15H,3-4,7-8H2,1-2H3,(H,17,18). The lowest BCUT2D eigenvalue weighted by molar-refractivity contribution is 0.0622. The van der Waals surface area contributed by atoms with Gasteiger partial charge in [0.25, 0.3) is 0 Å². The molecule has 1 atom stereocenters. The van der Waals surface area contributed by atoms with Crippen LogP contribution in [0.4, 0.5) is 11.6 Å². The predicted molar refractivity (Wildman–Crippen MR) is 79.2 cm³/mol. The second-order valence-corrected chi connectivity index (χ2v) is 5.27. The van der Waals surface area contributed by atoms with Gasteiger partial charge in [-0.1, -0.05) is 0 Å². The minimum atomic E-state index is 0.360. The Morgan fingerprint density at radius 1 is 1.40 bits per heavy atom. The van der Waals surface area contributed by atoms with E-state index in [1.165, 1.54) is 0 Å². The SMILES string of the molecule is CNc1cn2ccnc2c(NC(C)C2CCOCC2)n1. The highest BCUT2D eigenvalue weighted by Gasteiger charge is 2.21. The van der Waals surface area contributed by atoms with Crippen molar-refractivity contribution in [3.05, 3.63) is 18.6 Å². The first-order chi connectivity index (χ1) is 9.78. The summed E-state index contributed by atoms with van der Waals surface area (Å²) in [4.78, 5) is 8.97. The van der Waals surface area contributed by atoms with Crippen LogP contribution in [-0.2, 0) is 4.74 Å². The molecule has 1 aliphatic rings. The Morgan fingerprint density at radius 2 is 2.20 bits per heavy atom. The van der Waals surface area contributed by atoms with E-state index in [1.807, 2.05) is 23.8 Å². The lowest BCUT2D eigenvalue weighted by Crippen LogP contribution is -2.31. The first kappa shape index (κ1) is 13.2. The molecule has 20 heavy (non-hydrogen) atoms. The monoisotopic (exact) mass is 275 g/mol. The Kier molecular flexibility index (Phi) is 3.73. The molecular formula is C14H21N5O. The van der Waals surface area contributed by atoms with E-state index in [2.05, 4.69) is 27.5 Å². The molecule has 6 heteroatoms. The molecular weight excluding hydrogens is 254 g/mol. The quantitative estimate of drug-likeness (QED) is 0.893. The van der Waals surface area contributed by atoms with Crippen LogP contribution in [0, 0.1) is 5.92 Å². The molecule has 1 fully saturated rings. The van der Waals surface area contributed by atoms with Crippen molar-refractivity contribution < 1.29 is 4.74 Å². The molecule has 2 N–H and O–H groups in total. The minimum absolute atomic E-state index is 0.360. The average molecular weight is 275 g/mol. The lowest BCUT2D eigenvalue weighted by atomic mass is 9.93. The van der Waals surface area contributed by atoms with Crippen LogP contribution in [0.2, 0.25) is 0 Å². The summed E-state index contributed by atoms with van der Waals surface area (Å²) in [5.74, 6) is 2.29. The number of anilines is 2. The third-order valence-electron chi connectivity index (χ3n) is 3.97. The van der Waals surface area contributed by atoms with Gasteiger partial charge in [0.15, 0.2) is 11.5 Å². The van der Waals surface area contributed by atoms with Crippen LogP contribution in [0.5, 0.6) is 0 Å². The first-order valence-electron chi connectivity index (χ1n) is 7.13. The molecule has 3 heterocycles. The predicted octanol–water partition coefficient (Wildman–Crippen LogP) is 2.00. The van der Waals surface area contributed by atoms with Crippen molar-refractivity contribution in [2.24, 2.45) is 5.92 Å². The van der Waals surface area contributed by atoms with Crippen molar-refractivity contribution in [1.82, 2.24) is 14.4 Å². The molecule has 0 aliphatic carbocycles. The van der Waals surface area contributed by atoms with E-state index in [9.17, 15) is 0 Å². The fourth-order valence-electron chi connectivity index (χ4n) is 2.70. The third kappa shape index (κ3) is 2.56. The van der Waals surface area contributed by atoms with E-state index in [0.717, 1.165) is 43.3 Å². The van der Waals surface area contributed by atoms with Gasteiger partial charge in [0, 0.05) is 38.7 Å². The van der Waals surface area contributed by atoms with Crippen molar-refractivity contribution in [1.29, 1.82) is 0 Å². The Hall–Kier alpha value is -1.82. The van der Waals surface area contributed by atoms with Crippen LogP contribution in [-0.4, -0.2) is 40.7 Å². The molecule has 108 valence electrons. The van der Waals surface area contributed by atoms with Crippen LogP contribution in [0.25, 0.3) is 5.65 Å². The van der Waals surface area contributed by atoms with Gasteiger partial charge >= 0.3 is 0 Å². The Morgan fingerprint density at radius 3 is 2.95 bits per heavy atom. The molecule has 3 rings (SSSR count). The largest absolute Gasteiger partial charge is 0.381 e. The molecule has 1 unspecified atom stereocenters. The summed E-state index contributed by atoms with van der Waals surface area (Å²) in [6.45, 7) is 3.93. The summed E-state index contributed by atoms with van der Waals surface area (Å²) in [6, 6.07) is 0.360. The van der Waals surface area contributed by atoms with Gasteiger partial charge in [-0.15, -0.1) is 0 Å². The average Bonchev–Trinajstić information content (AvgIpc) is 2.96. The molecule has 0 amide bonds. The van der Waals surface area contributed by atoms with Crippen molar-refractivity contribution in [3.63, 3.8) is 0 Å². The zero-order valence-electron chi connectivity index (χ0n) is 12.0. The molecule has 6 nitrogen and oxygen atoms in total. The third-order valence-corrected chi connectivity index (χ3v) is 3.97. The minimum Gasteiger partial charge on any atom is -0.381 e. The Balaban J connectivity index is 1.83. The highest BCUT2D eigenvalue weighted by Crippen LogP contribution is 2.23. The van der Waals surface area contributed by atoms with Crippen molar-refractivity contribution in [2.45, 2.75) is 25.8 Å². The normalized spacial score (nSPS) is 18.1. The number of rotatable bonds is 4. The lowest BCUT2D eigenvalue weighted by Gasteiger charge is -2.28. The van der Waals surface area contributed by atoms with Crippen molar-refractivity contribution >= 4 is 17.3 Å². The summed E-state index contributed by atoms with van der Waals surface area (Å²) in [5, 5.41) is 6.61. The molecule has 0 bridgehead atoms. The maximum atomic E-state index is 5.42. The van der Waals surface area contributed by atoms with Crippen molar-refractivity contribution in [3.8, 4) is 0 Å². The smallest absolute Gasteiger partial charge is 0.180 e. The van der Waals surface area contributed by atoms with E-state index in [-0.39, 0.29) is 0 Å². The van der Waals surface area contributed by atoms with E-state index in [4.69, 9.17) is 4.74 Å². The van der Waals surface area contributed by atoms with E-state index in [1.54, 1.807) is 6.20 Å². The highest BCUT2D eigenvalue weighted by atomic mass is 16.5. The van der Waals surface area contributed by atoms with Gasteiger partial charge in [-0.05, 0) is 25.7 Å². The molecule has 0 saturated carbocycles. The zero-order chi connectivity index (χ0) is 13.9. The van der Waals surface area contributed by atoms with Gasteiger partial charge in [-0.25, -0.2) is 9.97 Å². The van der Waals surface area contributed by atoms with Crippen LogP contribution in [0.3, 0.4) is 0 Å². The molecule has 1 aliphatic heterocycles. The topological polar surface area (TPSA) is 63.5 Å². The number of hydrogen-bond acceptors (Lipinski definition) is 5. The summed E-state index contributed by atoms with van der Waals surface area (Å²) in [6.07, 6.45) is 7.87. The molecule has 0 radical (unpaired) electrons. The second-order valence-electron chi connectivity index (χ2n) is 5.27. The number of aromatic nitrogens is 3. The van der Waals surface area contributed by atoms with Gasteiger partial charge in [-0.2, -0.15) is 0 Å². The van der Waals surface area contributed by atoms with Gasteiger partial charge < -0.3 is 19.8 Å². The summed E-state index contributed by atoms with van der Waals surface area (Å²) < 4.78 is 7.41. The number of nitrogens with zero attached hydrogens (tertiary/aromatic N) is 3. The second kappa shape index (κ2) is 5.66. The number of imidazole rings is 1. The van der Waals surface area contributed by atoms with Crippen LogP contribution in [0.15, 0.2) is 18.6 Å². The molecule has 0 aromatic carbocycles. The van der Waals surface area contributed by atoms with E-state index in [0.29, 0.717) is 12.0 Å². The summed E-state index contributed by atoms with van der Waals surface area (Å²) in [5.41, 5.74) is 0.864. The van der Waals surface area contributed by atoms with Gasteiger partial charge in [-0.3, -0.25) is 0 Å². The molecule has 2 aromatic heterocycles. The van der Waals surface area contributed by atoms with Gasteiger partial charge in [0.1, 0.15) is 5.82 Å². The van der Waals surface area contributed by atoms with E-state index < -0.39 is 0 Å². The first-order valence-corrected chi connectivity index (χ1v) is 7.13. The highest BCUT2D eigenvalue weighted by molar-refractivity contribution is 5.65. The number of hydrogen-bond donors (Lipinski definition) is 2. The number of ether oxygens (including phenoxy) is 1. The fraction of sp³-hybridized carbons (Fsp3) is 0.571. The van der Waals surface area contributed by atoms with Crippen LogP contribution < -0.4 is 10.6 Å². The van der Waals surface area contributed by atoms with Crippen molar-refractivity contribution in [2.75, 3.05) is 30.9 Å². The summed E-state index contributed by atoms with van der Waals surface area (Å²) >= 11 is 0. The maximum absolute atomic E-state index is 5.42. The van der Waals surface area contributed by atoms with Gasteiger partial charge in [0.05, 0.1) is 6.20 Å². The maximum Gasteiger partial charge on any atom is 0.180 e. The summed E-state index contributed by atoms with van der Waals surface area (Å²) in [7, 11) is 1.87. The zero-order valence-corrected chi connectivity index (χ0v) is 12.0. The van der Waals surface area contributed by atoms with E-state index >= 15 is 0 Å². The van der Waals surface area contributed by atoms with Crippen LogP contribution in [0.1, 0.15) is 19.8 Å².